The molecule has 0 radical (unpaired) electrons. The molecule has 1 aliphatic rings. The Morgan fingerprint density at radius 3 is 2.50 bits per heavy atom. The number of amides is 1. The van der Waals surface area contributed by atoms with Crippen molar-refractivity contribution < 1.29 is 9.63 Å². The molecule has 112 valence electrons. The van der Waals surface area contributed by atoms with Crippen LogP contribution in [0.5, 0.6) is 0 Å². The first-order valence-electron chi connectivity index (χ1n) is 7.45. The Kier molecular flexibility index (Phi) is 3.92. The number of oxime groups is 1. The molecule has 1 atom stereocenters. The molecule has 1 amide bonds. The van der Waals surface area contributed by atoms with Gasteiger partial charge in [0.25, 0.3) is 5.91 Å². The second-order valence-corrected chi connectivity index (χ2v) is 5.26. The third-order valence-corrected chi connectivity index (χ3v) is 3.72. The van der Waals surface area contributed by atoms with Crippen LogP contribution in [0.25, 0.3) is 0 Å². The highest BCUT2D eigenvalue weighted by Gasteiger charge is 2.35. The lowest BCUT2D eigenvalue weighted by atomic mass is 10.1. The van der Waals surface area contributed by atoms with Crippen molar-refractivity contribution in [3.8, 4) is 0 Å². The third kappa shape index (κ3) is 2.48. The number of hydrogen-bond acceptors (Lipinski definition) is 3. The molecule has 0 fully saturated rings. The summed E-state index contributed by atoms with van der Waals surface area (Å²) in [5, 5.41) is 4.12. The Balaban J connectivity index is 2.04. The van der Waals surface area contributed by atoms with Crippen LogP contribution in [0.1, 0.15) is 25.8 Å². The maximum atomic E-state index is 12.8. The molecule has 1 aliphatic heterocycles. The van der Waals surface area contributed by atoms with Gasteiger partial charge in [-0.15, -0.1) is 0 Å². The maximum Gasteiger partial charge on any atom is 0.285 e. The van der Waals surface area contributed by atoms with Gasteiger partial charge >= 0.3 is 0 Å². The van der Waals surface area contributed by atoms with Gasteiger partial charge < -0.3 is 4.84 Å². The number of rotatable bonds is 4. The highest BCUT2D eigenvalue weighted by molar-refractivity contribution is 6.55. The molecule has 3 rings (SSSR count). The molecule has 2 aromatic rings. The van der Waals surface area contributed by atoms with Crippen LogP contribution >= 0.6 is 0 Å². The summed E-state index contributed by atoms with van der Waals surface area (Å²) in [4.78, 5) is 19.9. The largest absolute Gasteiger partial charge is 0.392 e. The molecule has 0 bridgehead atoms. The van der Waals surface area contributed by atoms with Gasteiger partial charge in [-0.05, 0) is 31.5 Å². The van der Waals surface area contributed by atoms with E-state index in [0.29, 0.717) is 5.71 Å². The van der Waals surface area contributed by atoms with E-state index in [0.717, 1.165) is 23.4 Å². The van der Waals surface area contributed by atoms with E-state index in [9.17, 15) is 4.79 Å². The van der Waals surface area contributed by atoms with Crippen molar-refractivity contribution in [3.63, 3.8) is 0 Å². The zero-order valence-electron chi connectivity index (χ0n) is 12.7. The fourth-order valence-corrected chi connectivity index (χ4v) is 2.34. The Labute approximate surface area is 130 Å². The SMILES string of the molecule is CCC(C)O/N=C1/C(=O)N(c2ccccc2)c2ccccc21. The summed E-state index contributed by atoms with van der Waals surface area (Å²) in [6.07, 6.45) is 0.827. The van der Waals surface area contributed by atoms with Crippen molar-refractivity contribution in [1.29, 1.82) is 0 Å². The first-order chi connectivity index (χ1) is 10.7. The van der Waals surface area contributed by atoms with Crippen LogP contribution in [-0.2, 0) is 9.63 Å². The predicted octanol–water partition coefficient (Wildman–Crippen LogP) is 3.88. The zero-order valence-corrected chi connectivity index (χ0v) is 12.7. The van der Waals surface area contributed by atoms with Crippen LogP contribution in [0.4, 0.5) is 11.4 Å². The van der Waals surface area contributed by atoms with Crippen molar-refractivity contribution in [3.05, 3.63) is 60.2 Å². The molecule has 0 aromatic heterocycles. The number of anilines is 2. The lowest BCUT2D eigenvalue weighted by Gasteiger charge is -2.16. The van der Waals surface area contributed by atoms with E-state index in [2.05, 4.69) is 5.16 Å². The third-order valence-electron chi connectivity index (χ3n) is 3.72. The van der Waals surface area contributed by atoms with E-state index in [1.165, 1.54) is 0 Å². The van der Waals surface area contributed by atoms with Crippen molar-refractivity contribution in [2.45, 2.75) is 26.4 Å². The van der Waals surface area contributed by atoms with Gasteiger partial charge in [-0.2, -0.15) is 0 Å². The second kappa shape index (κ2) is 6.02. The number of para-hydroxylation sites is 2. The van der Waals surface area contributed by atoms with Crippen molar-refractivity contribution in [1.82, 2.24) is 0 Å². The highest BCUT2D eigenvalue weighted by atomic mass is 16.6. The summed E-state index contributed by atoms with van der Waals surface area (Å²) in [5.74, 6) is -0.157. The summed E-state index contributed by atoms with van der Waals surface area (Å²) in [6, 6.07) is 17.2. The number of carbonyl (C=O) groups is 1. The maximum absolute atomic E-state index is 12.8. The number of nitrogens with zero attached hydrogens (tertiary/aromatic N) is 2. The minimum Gasteiger partial charge on any atom is -0.392 e. The minimum absolute atomic E-state index is 0.0155. The van der Waals surface area contributed by atoms with Gasteiger partial charge in [0.05, 0.1) is 5.69 Å². The van der Waals surface area contributed by atoms with E-state index in [1.54, 1.807) is 4.90 Å². The van der Waals surface area contributed by atoms with Gasteiger partial charge in [-0.25, -0.2) is 0 Å². The lowest BCUT2D eigenvalue weighted by Crippen LogP contribution is -2.25. The standard InChI is InChI=1S/C18H18N2O2/c1-3-13(2)22-19-17-15-11-7-8-12-16(15)20(18(17)21)14-9-5-4-6-10-14/h4-13H,3H2,1-2H3/b19-17+. The zero-order chi connectivity index (χ0) is 15.5. The molecule has 0 N–H and O–H groups in total. The van der Waals surface area contributed by atoms with E-state index < -0.39 is 0 Å². The fourth-order valence-electron chi connectivity index (χ4n) is 2.34. The molecule has 1 unspecified atom stereocenters. The van der Waals surface area contributed by atoms with Crippen molar-refractivity contribution in [2.75, 3.05) is 4.90 Å². The molecule has 4 heteroatoms. The first kappa shape index (κ1) is 14.3. The molecule has 4 nitrogen and oxygen atoms in total. The van der Waals surface area contributed by atoms with Gasteiger partial charge in [0.1, 0.15) is 6.10 Å². The van der Waals surface area contributed by atoms with Crippen LogP contribution in [0.2, 0.25) is 0 Å². The average Bonchev–Trinajstić information content (AvgIpc) is 2.85. The lowest BCUT2D eigenvalue weighted by molar-refractivity contribution is -0.111. The molecule has 0 saturated carbocycles. The van der Waals surface area contributed by atoms with E-state index in [1.807, 2.05) is 68.4 Å². The van der Waals surface area contributed by atoms with Gasteiger partial charge in [-0.3, -0.25) is 9.69 Å². The summed E-state index contributed by atoms with van der Waals surface area (Å²) in [5.41, 5.74) is 2.83. The topological polar surface area (TPSA) is 41.9 Å². The summed E-state index contributed by atoms with van der Waals surface area (Å²) >= 11 is 0. The van der Waals surface area contributed by atoms with E-state index >= 15 is 0 Å². The Morgan fingerprint density at radius 1 is 1.09 bits per heavy atom. The monoisotopic (exact) mass is 294 g/mol. The second-order valence-electron chi connectivity index (χ2n) is 5.26. The van der Waals surface area contributed by atoms with Crippen LogP contribution in [0, 0.1) is 0 Å². The molecule has 0 spiro atoms. The molecule has 2 aromatic carbocycles. The number of hydrogen-bond donors (Lipinski definition) is 0. The van der Waals surface area contributed by atoms with Crippen molar-refractivity contribution >= 4 is 23.0 Å². The summed E-state index contributed by atoms with van der Waals surface area (Å²) in [6.45, 7) is 3.95. The average molecular weight is 294 g/mol. The van der Waals surface area contributed by atoms with Crippen LogP contribution in [0.3, 0.4) is 0 Å². The number of fused-ring (bicyclic) bond motifs is 1. The van der Waals surface area contributed by atoms with Gasteiger partial charge in [-0.1, -0.05) is 48.5 Å². The Bertz CT molecular complexity index is 710. The Hall–Kier alpha value is -2.62. The quantitative estimate of drug-likeness (QED) is 0.803. The normalized spacial score (nSPS) is 16.7. The number of carbonyl (C=O) groups excluding carboxylic acids is 1. The molecule has 1 heterocycles. The van der Waals surface area contributed by atoms with Crippen LogP contribution in [0.15, 0.2) is 59.8 Å². The predicted molar refractivity (Wildman–Crippen MR) is 87.4 cm³/mol. The van der Waals surface area contributed by atoms with Crippen LogP contribution in [-0.4, -0.2) is 17.7 Å². The number of benzene rings is 2. The van der Waals surface area contributed by atoms with Crippen molar-refractivity contribution in [2.24, 2.45) is 5.16 Å². The van der Waals surface area contributed by atoms with Gasteiger partial charge in [0, 0.05) is 11.3 Å². The van der Waals surface area contributed by atoms with E-state index in [-0.39, 0.29) is 12.0 Å². The van der Waals surface area contributed by atoms with Gasteiger partial charge in [0.2, 0.25) is 0 Å². The minimum atomic E-state index is -0.157. The molecule has 22 heavy (non-hydrogen) atoms. The Morgan fingerprint density at radius 2 is 1.77 bits per heavy atom. The molecular weight excluding hydrogens is 276 g/mol. The molecular formula is C18H18N2O2. The fraction of sp³-hybridized carbons (Fsp3) is 0.222. The van der Waals surface area contributed by atoms with Crippen LogP contribution < -0.4 is 4.90 Å². The summed E-state index contributed by atoms with van der Waals surface area (Å²) in [7, 11) is 0. The highest BCUT2D eigenvalue weighted by Crippen LogP contribution is 2.35. The molecule has 0 aliphatic carbocycles. The summed E-state index contributed by atoms with van der Waals surface area (Å²) < 4.78 is 0. The smallest absolute Gasteiger partial charge is 0.285 e. The molecule has 0 saturated heterocycles. The van der Waals surface area contributed by atoms with E-state index in [4.69, 9.17) is 4.84 Å². The van der Waals surface area contributed by atoms with Gasteiger partial charge in [0.15, 0.2) is 5.71 Å². The first-order valence-corrected chi connectivity index (χ1v) is 7.45.